The predicted molar refractivity (Wildman–Crippen MR) is 273 cm³/mol. The number of ketones is 2. The second-order valence-corrected chi connectivity index (χ2v) is 16.5. The molecule has 0 saturated heterocycles. The summed E-state index contributed by atoms with van der Waals surface area (Å²) < 4.78 is 25.1. The van der Waals surface area contributed by atoms with Crippen molar-refractivity contribution in [1.29, 1.82) is 0 Å². The maximum absolute atomic E-state index is 14.6. The average Bonchev–Trinajstić information content (AvgIpc) is 3.40. The van der Waals surface area contributed by atoms with Crippen LogP contribution in [0.15, 0.2) is 243 Å². The van der Waals surface area contributed by atoms with Gasteiger partial charge in [0, 0.05) is 66.3 Å². The predicted octanol–water partition coefficient (Wildman–Crippen LogP) is 12.6. The maximum atomic E-state index is 14.6. The number of carbonyl (C=O) groups is 2. The Kier molecular flexibility index (Phi) is 10.9. The lowest BCUT2D eigenvalue weighted by atomic mass is 9.97. The van der Waals surface area contributed by atoms with Crippen LogP contribution >= 0.6 is 0 Å². The van der Waals surface area contributed by atoms with Crippen LogP contribution in [-0.2, 0) is 0 Å². The highest BCUT2D eigenvalue weighted by Crippen LogP contribution is 2.25. The lowest BCUT2D eigenvalue weighted by Crippen LogP contribution is -2.06. The number of rotatable bonds is 4. The first-order valence-electron chi connectivity index (χ1n) is 22.1. The fourth-order valence-corrected chi connectivity index (χ4v) is 8.28. The van der Waals surface area contributed by atoms with E-state index in [4.69, 9.17) is 17.7 Å². The second-order valence-electron chi connectivity index (χ2n) is 16.5. The monoisotopic (exact) mass is 914 g/mol. The van der Waals surface area contributed by atoms with Crippen molar-refractivity contribution in [2.75, 3.05) is 0 Å². The Hall–Kier alpha value is -9.80. The summed E-state index contributed by atoms with van der Waals surface area (Å²) in [5, 5.41) is 2.99. The summed E-state index contributed by atoms with van der Waals surface area (Å²) in [6.07, 6.45) is 0. The van der Waals surface area contributed by atoms with Gasteiger partial charge in [-0.1, -0.05) is 54.6 Å². The van der Waals surface area contributed by atoms with Crippen LogP contribution in [0.25, 0.3) is 87.8 Å². The molecule has 10 nitrogen and oxygen atoms in total. The van der Waals surface area contributed by atoms with Crippen molar-refractivity contribution in [1.82, 2.24) is 0 Å². The van der Waals surface area contributed by atoms with Gasteiger partial charge in [0.25, 0.3) is 0 Å². The van der Waals surface area contributed by atoms with Crippen molar-refractivity contribution >= 4 is 99.3 Å². The first-order valence-corrected chi connectivity index (χ1v) is 22.1. The fourth-order valence-electron chi connectivity index (χ4n) is 8.28. The van der Waals surface area contributed by atoms with Gasteiger partial charge in [-0.25, -0.2) is 0 Å². The van der Waals surface area contributed by atoms with E-state index in [1.165, 1.54) is 6.07 Å². The first-order chi connectivity index (χ1) is 34.1. The third-order valence-electron chi connectivity index (χ3n) is 11.9. The lowest BCUT2D eigenvalue weighted by Gasteiger charge is -2.07. The molecule has 0 fully saturated rings. The highest BCUT2D eigenvalue weighted by molar-refractivity contribution is 6.17. The Morgan fingerprint density at radius 3 is 0.871 bits per heavy atom. The molecule has 70 heavy (non-hydrogen) atoms. The van der Waals surface area contributed by atoms with Gasteiger partial charge in [-0.05, 0) is 140 Å². The van der Waals surface area contributed by atoms with Crippen LogP contribution in [0.5, 0.6) is 0 Å². The Morgan fingerprint density at radius 2 is 0.543 bits per heavy atom. The Balaban J connectivity index is 1.03. The van der Waals surface area contributed by atoms with E-state index in [0.29, 0.717) is 76.6 Å². The van der Waals surface area contributed by atoms with E-state index >= 15 is 0 Å². The number of hydrogen-bond acceptors (Lipinski definition) is 10. The summed E-state index contributed by atoms with van der Waals surface area (Å²) in [6, 6.07) is 55.0. The molecule has 10 heteroatoms. The molecule has 0 aliphatic rings. The standard InChI is InChI=1S/C60H34O10/c61-55-35-10-18-45(19-11-35)67-49-26-28-51(53(33-49)69-47-22-14-37(15-23-47)57(63)41-6-1-4-39(55)30-41)59(65)43-8-3-9-44(32-43)60(66)52-29-27-50-34-54(52)70-48-24-16-38(17-25-48)58(64)42-7-2-5-40(31-42)56(62)36-12-20-46(68-50)21-13-36/h1-34H. The summed E-state index contributed by atoms with van der Waals surface area (Å²) in [7, 11) is 0. The van der Waals surface area contributed by atoms with E-state index in [1.54, 1.807) is 200 Å². The van der Waals surface area contributed by atoms with Crippen molar-refractivity contribution < 1.29 is 27.3 Å². The molecule has 17 rings (SSSR count). The normalized spacial score (nSPS) is 11.2. The summed E-state index contributed by atoms with van der Waals surface area (Å²) in [6.45, 7) is 0. The van der Waals surface area contributed by atoms with E-state index in [1.807, 2.05) is 0 Å². The zero-order valence-electron chi connectivity index (χ0n) is 36.7. The zero-order valence-corrected chi connectivity index (χ0v) is 36.7. The van der Waals surface area contributed by atoms with Gasteiger partial charge in [0.2, 0.25) is 0 Å². The third kappa shape index (κ3) is 8.44. The Morgan fingerprint density at radius 1 is 0.257 bits per heavy atom. The molecular weight excluding hydrogens is 881 g/mol. The van der Waals surface area contributed by atoms with Crippen LogP contribution in [0.2, 0.25) is 0 Å². The summed E-state index contributed by atoms with van der Waals surface area (Å²) in [5.41, 5.74) is 2.11. The molecule has 17 aromatic rings. The van der Waals surface area contributed by atoms with Crippen LogP contribution < -0.4 is 21.7 Å². The second kappa shape index (κ2) is 17.8. The van der Waals surface area contributed by atoms with Crippen molar-refractivity contribution in [3.63, 3.8) is 0 Å². The highest BCUT2D eigenvalue weighted by Gasteiger charge is 2.19. The van der Waals surface area contributed by atoms with Gasteiger partial charge in [-0.3, -0.25) is 28.8 Å². The minimum absolute atomic E-state index is 0.143. The molecule has 0 radical (unpaired) electrons. The summed E-state index contributed by atoms with van der Waals surface area (Å²) in [4.78, 5) is 83.0. The van der Waals surface area contributed by atoms with Crippen molar-refractivity contribution in [2.45, 2.75) is 0 Å². The van der Waals surface area contributed by atoms with Gasteiger partial charge >= 0.3 is 0 Å². The van der Waals surface area contributed by atoms with Crippen LogP contribution in [0, 0.1) is 0 Å². The van der Waals surface area contributed by atoms with Gasteiger partial charge < -0.3 is 17.7 Å². The van der Waals surface area contributed by atoms with Crippen LogP contribution in [0.3, 0.4) is 0 Å². The fraction of sp³-hybridized carbons (Fsp3) is 0. The molecule has 8 heterocycles. The molecule has 0 unspecified atom stereocenters. The largest absolute Gasteiger partial charge is 0.457 e. The minimum Gasteiger partial charge on any atom is -0.457 e. The van der Waals surface area contributed by atoms with Gasteiger partial charge in [0.05, 0.1) is 11.1 Å². The molecule has 0 atom stereocenters. The molecule has 16 bridgehead atoms. The molecule has 0 aliphatic carbocycles. The Bertz CT molecular complexity index is 4150. The van der Waals surface area contributed by atoms with Crippen molar-refractivity contribution in [3.8, 4) is 0 Å². The third-order valence-corrected chi connectivity index (χ3v) is 11.9. The van der Waals surface area contributed by atoms with Gasteiger partial charge in [-0.15, -0.1) is 0 Å². The minimum atomic E-state index is -0.457. The van der Waals surface area contributed by atoms with Gasteiger partial charge in [-0.2, -0.15) is 0 Å². The summed E-state index contributed by atoms with van der Waals surface area (Å²) in [5.74, 6) is -0.913. The van der Waals surface area contributed by atoms with Gasteiger partial charge in [0.1, 0.15) is 44.7 Å². The molecule has 0 N–H and O–H groups in total. The molecule has 8 aromatic heterocycles. The molecule has 334 valence electrons. The summed E-state index contributed by atoms with van der Waals surface area (Å²) >= 11 is 0. The zero-order chi connectivity index (χ0) is 47.9. The number of benzene rings is 9. The Labute approximate surface area is 394 Å². The maximum Gasteiger partial charge on any atom is 0.196 e. The SMILES string of the molecule is O=C(c1cccc(C(=O)c2ccc3cc2oc2ccc(cc2)c(=O)c2cccc(c2)c(=O)c2ccc(cc2)o3)c1)c1ccc2cc1oc1ccc(cc1)c(=O)c1cccc(c1)c(=O)c1ccc(cc1)o2. The number of hydrogen-bond donors (Lipinski definition) is 0. The van der Waals surface area contributed by atoms with Crippen LogP contribution in [0.4, 0.5) is 0 Å². The van der Waals surface area contributed by atoms with E-state index in [-0.39, 0.29) is 55.1 Å². The number of carbonyl (C=O) groups excluding carboxylic acids is 2. The van der Waals surface area contributed by atoms with Crippen molar-refractivity contribution in [2.24, 2.45) is 0 Å². The van der Waals surface area contributed by atoms with E-state index < -0.39 is 11.6 Å². The molecular formula is C60H34O10. The highest BCUT2D eigenvalue weighted by atomic mass is 16.3. The quantitative estimate of drug-likeness (QED) is 0.156. The molecule has 0 aliphatic heterocycles. The molecule has 0 saturated carbocycles. The smallest absolute Gasteiger partial charge is 0.196 e. The van der Waals surface area contributed by atoms with Crippen LogP contribution in [-0.4, -0.2) is 11.6 Å². The molecule has 0 spiro atoms. The van der Waals surface area contributed by atoms with Crippen molar-refractivity contribution in [3.05, 3.63) is 269 Å². The topological polar surface area (TPSA) is 155 Å². The van der Waals surface area contributed by atoms with E-state index in [9.17, 15) is 28.8 Å². The van der Waals surface area contributed by atoms with E-state index in [0.717, 1.165) is 0 Å². The van der Waals surface area contributed by atoms with E-state index in [2.05, 4.69) is 0 Å². The first kappa shape index (κ1) is 42.8. The lowest BCUT2D eigenvalue weighted by molar-refractivity contribution is 0.103. The average molecular weight is 915 g/mol. The molecule has 9 aromatic carbocycles. The van der Waals surface area contributed by atoms with Gasteiger partial charge in [0.15, 0.2) is 33.3 Å². The molecule has 0 amide bonds. The van der Waals surface area contributed by atoms with Crippen LogP contribution in [0.1, 0.15) is 31.8 Å².